The second-order valence-electron chi connectivity index (χ2n) is 4.45. The molecule has 0 aliphatic carbocycles. The van der Waals surface area contributed by atoms with Crippen LogP contribution < -0.4 is 11.1 Å². The first-order valence-electron chi connectivity index (χ1n) is 6.46. The summed E-state index contributed by atoms with van der Waals surface area (Å²) >= 11 is 1.39. The highest BCUT2D eigenvalue weighted by Crippen LogP contribution is 2.10. The zero-order valence-corrected chi connectivity index (χ0v) is 12.1. The first kappa shape index (κ1) is 15.5. The molecule has 0 bridgehead atoms. The number of amides is 1. The Labute approximate surface area is 125 Å². The van der Waals surface area contributed by atoms with E-state index < -0.39 is 11.6 Å². The number of nitrogens with zero attached hydrogens (tertiary/aromatic N) is 1. The Hall–Kier alpha value is -1.86. The third-order valence-corrected chi connectivity index (χ3v) is 3.67. The highest BCUT2D eigenvalue weighted by molar-refractivity contribution is 7.09. The Morgan fingerprint density at radius 2 is 1.95 bits per heavy atom. The molecule has 0 unspecified atom stereocenters. The lowest BCUT2D eigenvalue weighted by atomic mass is 10.1. The summed E-state index contributed by atoms with van der Waals surface area (Å²) in [6, 6.07) is 3.31. The van der Waals surface area contributed by atoms with E-state index in [1.807, 2.05) is 0 Å². The van der Waals surface area contributed by atoms with Crippen molar-refractivity contribution in [2.75, 3.05) is 13.1 Å². The van der Waals surface area contributed by atoms with Gasteiger partial charge in [0.15, 0.2) is 0 Å². The summed E-state index contributed by atoms with van der Waals surface area (Å²) < 4.78 is 26.0. The Balaban J connectivity index is 1.86. The number of rotatable bonds is 6. The van der Waals surface area contributed by atoms with Gasteiger partial charge >= 0.3 is 0 Å². The quantitative estimate of drug-likeness (QED) is 0.856. The largest absolute Gasteiger partial charge is 0.350 e. The molecule has 0 saturated heterocycles. The average molecular weight is 311 g/mol. The van der Waals surface area contributed by atoms with Gasteiger partial charge in [-0.1, -0.05) is 0 Å². The number of hydrogen-bond donors (Lipinski definition) is 2. The summed E-state index contributed by atoms with van der Waals surface area (Å²) in [7, 11) is 0. The van der Waals surface area contributed by atoms with E-state index in [1.54, 1.807) is 5.38 Å². The zero-order valence-electron chi connectivity index (χ0n) is 11.2. The number of benzene rings is 1. The summed E-state index contributed by atoms with van der Waals surface area (Å²) in [6.45, 7) is 0.769. The van der Waals surface area contributed by atoms with Crippen molar-refractivity contribution in [3.63, 3.8) is 0 Å². The number of carbonyl (C=O) groups is 1. The normalized spacial score (nSPS) is 10.6. The van der Waals surface area contributed by atoms with Crippen LogP contribution in [0.5, 0.6) is 0 Å². The number of nitrogens with one attached hydrogen (secondary N) is 1. The highest BCUT2D eigenvalue weighted by atomic mass is 32.1. The van der Waals surface area contributed by atoms with Crippen molar-refractivity contribution < 1.29 is 13.6 Å². The molecule has 0 aliphatic rings. The summed E-state index contributed by atoms with van der Waals surface area (Å²) in [5.74, 6) is -1.55. The molecule has 1 heterocycles. The van der Waals surface area contributed by atoms with Crippen molar-refractivity contribution in [1.82, 2.24) is 10.3 Å². The van der Waals surface area contributed by atoms with Crippen molar-refractivity contribution in [2.45, 2.75) is 12.8 Å². The molecule has 2 rings (SSSR count). The zero-order chi connectivity index (χ0) is 15.2. The maximum Gasteiger partial charge on any atom is 0.270 e. The maximum atomic E-state index is 13.0. The Bertz CT molecular complexity index is 610. The van der Waals surface area contributed by atoms with Gasteiger partial charge < -0.3 is 11.1 Å². The number of nitrogens with two attached hydrogens (primary N) is 1. The second-order valence-corrected chi connectivity index (χ2v) is 5.39. The molecular weight excluding hydrogens is 296 g/mol. The van der Waals surface area contributed by atoms with Crippen LogP contribution in [0.4, 0.5) is 8.78 Å². The van der Waals surface area contributed by atoms with Crippen molar-refractivity contribution in [2.24, 2.45) is 5.73 Å². The van der Waals surface area contributed by atoms with E-state index in [0.717, 1.165) is 11.1 Å². The van der Waals surface area contributed by atoms with Gasteiger partial charge in [0, 0.05) is 24.4 Å². The molecule has 21 heavy (non-hydrogen) atoms. The maximum absolute atomic E-state index is 13.0. The molecular formula is C14H15F2N3OS. The first-order chi connectivity index (χ1) is 10.1. The number of carbonyl (C=O) groups excluding carboxylic acids is 1. The minimum Gasteiger partial charge on any atom is -0.350 e. The Morgan fingerprint density at radius 3 is 2.62 bits per heavy atom. The molecule has 1 aromatic carbocycles. The molecule has 0 atom stereocenters. The van der Waals surface area contributed by atoms with Gasteiger partial charge in [-0.3, -0.25) is 4.79 Å². The van der Waals surface area contributed by atoms with E-state index in [4.69, 9.17) is 5.73 Å². The van der Waals surface area contributed by atoms with Gasteiger partial charge in [-0.05, 0) is 30.7 Å². The molecule has 2 aromatic rings. The van der Waals surface area contributed by atoms with Crippen LogP contribution in [0.15, 0.2) is 23.6 Å². The number of halogens is 2. The third kappa shape index (κ3) is 4.57. The third-order valence-electron chi connectivity index (χ3n) is 2.76. The molecule has 112 valence electrons. The molecule has 1 amide bonds. The lowest BCUT2D eigenvalue weighted by molar-refractivity contribution is 0.0949. The van der Waals surface area contributed by atoms with Crippen LogP contribution in [0.3, 0.4) is 0 Å². The standard InChI is InChI=1S/C14H15F2N3OS/c15-10-5-9(6-11(16)7-10)2-4-18-14(20)12-8-21-13(19-12)1-3-17/h5-8H,1-4,17H2,(H,18,20). The van der Waals surface area contributed by atoms with Crippen LogP contribution in [0, 0.1) is 11.6 Å². The predicted octanol–water partition coefficient (Wildman–Crippen LogP) is 1.90. The molecule has 0 aliphatic heterocycles. The lowest BCUT2D eigenvalue weighted by Crippen LogP contribution is -2.26. The van der Waals surface area contributed by atoms with Gasteiger partial charge in [0.2, 0.25) is 0 Å². The van der Waals surface area contributed by atoms with Gasteiger partial charge in [-0.2, -0.15) is 0 Å². The minimum atomic E-state index is -0.623. The molecule has 0 radical (unpaired) electrons. The number of aromatic nitrogens is 1. The van der Waals surface area contributed by atoms with E-state index >= 15 is 0 Å². The van der Waals surface area contributed by atoms with Crippen molar-refractivity contribution in [1.29, 1.82) is 0 Å². The van der Waals surface area contributed by atoms with Crippen LogP contribution >= 0.6 is 11.3 Å². The van der Waals surface area contributed by atoms with Crippen LogP contribution in [0.2, 0.25) is 0 Å². The number of hydrogen-bond acceptors (Lipinski definition) is 4. The van der Waals surface area contributed by atoms with E-state index in [0.29, 0.717) is 30.6 Å². The predicted molar refractivity (Wildman–Crippen MR) is 77.3 cm³/mol. The molecule has 0 spiro atoms. The van der Waals surface area contributed by atoms with Crippen LogP contribution in [-0.4, -0.2) is 24.0 Å². The fraction of sp³-hybridized carbons (Fsp3) is 0.286. The van der Waals surface area contributed by atoms with E-state index in [1.165, 1.54) is 23.5 Å². The molecule has 4 nitrogen and oxygen atoms in total. The smallest absolute Gasteiger partial charge is 0.270 e. The fourth-order valence-electron chi connectivity index (χ4n) is 1.82. The van der Waals surface area contributed by atoms with E-state index in [-0.39, 0.29) is 12.5 Å². The van der Waals surface area contributed by atoms with Crippen molar-refractivity contribution in [3.05, 3.63) is 51.5 Å². The lowest BCUT2D eigenvalue weighted by Gasteiger charge is -2.04. The summed E-state index contributed by atoms with van der Waals surface area (Å²) in [5, 5.41) is 5.15. The monoisotopic (exact) mass is 311 g/mol. The Morgan fingerprint density at radius 1 is 1.24 bits per heavy atom. The van der Waals surface area contributed by atoms with Gasteiger partial charge in [0.25, 0.3) is 5.91 Å². The molecule has 0 saturated carbocycles. The van der Waals surface area contributed by atoms with Gasteiger partial charge in [0.1, 0.15) is 17.3 Å². The van der Waals surface area contributed by atoms with Crippen molar-refractivity contribution >= 4 is 17.2 Å². The topological polar surface area (TPSA) is 68.0 Å². The Kier molecular flexibility index (Phi) is 5.35. The van der Waals surface area contributed by atoms with E-state index in [9.17, 15) is 13.6 Å². The summed E-state index contributed by atoms with van der Waals surface area (Å²) in [4.78, 5) is 16.0. The van der Waals surface area contributed by atoms with E-state index in [2.05, 4.69) is 10.3 Å². The van der Waals surface area contributed by atoms with Gasteiger partial charge in [-0.15, -0.1) is 11.3 Å². The molecule has 3 N–H and O–H groups in total. The van der Waals surface area contributed by atoms with Crippen LogP contribution in [0.25, 0.3) is 0 Å². The highest BCUT2D eigenvalue weighted by Gasteiger charge is 2.10. The summed E-state index contributed by atoms with van der Waals surface area (Å²) in [5.41, 5.74) is 6.26. The molecule has 0 fully saturated rings. The minimum absolute atomic E-state index is 0.283. The second kappa shape index (κ2) is 7.24. The van der Waals surface area contributed by atoms with Crippen LogP contribution in [-0.2, 0) is 12.8 Å². The van der Waals surface area contributed by atoms with Crippen LogP contribution in [0.1, 0.15) is 21.1 Å². The van der Waals surface area contributed by atoms with Gasteiger partial charge in [0.05, 0.1) is 5.01 Å². The molecule has 1 aromatic heterocycles. The number of thiazole rings is 1. The van der Waals surface area contributed by atoms with Gasteiger partial charge in [-0.25, -0.2) is 13.8 Å². The SMILES string of the molecule is NCCc1nc(C(=O)NCCc2cc(F)cc(F)c2)cs1. The average Bonchev–Trinajstić information content (AvgIpc) is 2.86. The van der Waals surface area contributed by atoms with Crippen molar-refractivity contribution in [3.8, 4) is 0 Å². The summed E-state index contributed by atoms with van der Waals surface area (Å²) in [6.07, 6.45) is 0.987. The molecule has 7 heteroatoms. The fourth-order valence-corrected chi connectivity index (χ4v) is 2.61. The first-order valence-corrected chi connectivity index (χ1v) is 7.34.